The van der Waals surface area contributed by atoms with Crippen molar-refractivity contribution >= 4 is 34.2 Å². The summed E-state index contributed by atoms with van der Waals surface area (Å²) in [6.45, 7) is 6.30. The van der Waals surface area contributed by atoms with Crippen LogP contribution in [0.5, 0.6) is 5.75 Å². The van der Waals surface area contributed by atoms with E-state index in [0.29, 0.717) is 0 Å². The van der Waals surface area contributed by atoms with Crippen LogP contribution in [-0.2, 0) is 0 Å². The van der Waals surface area contributed by atoms with Gasteiger partial charge >= 0.3 is 0 Å². The predicted molar refractivity (Wildman–Crippen MR) is 101 cm³/mol. The molecule has 0 saturated carbocycles. The molecule has 5 nitrogen and oxygen atoms in total. The summed E-state index contributed by atoms with van der Waals surface area (Å²) in [7, 11) is 3.87. The number of amidine groups is 1. The van der Waals surface area contributed by atoms with Crippen LogP contribution in [0.4, 0.5) is 17.1 Å². The van der Waals surface area contributed by atoms with Crippen LogP contribution in [-0.4, -0.2) is 56.0 Å². The quantitative estimate of drug-likeness (QED) is 0.862. The maximum atomic E-state index is 5.38. The van der Waals surface area contributed by atoms with Crippen molar-refractivity contribution in [2.75, 3.05) is 45.7 Å². The monoisotopic (exact) mass is 342 g/mol. The lowest BCUT2D eigenvalue weighted by Crippen LogP contribution is -2.47. The van der Waals surface area contributed by atoms with Crippen molar-refractivity contribution in [1.82, 2.24) is 9.80 Å². The van der Waals surface area contributed by atoms with Gasteiger partial charge in [0, 0.05) is 42.5 Å². The van der Waals surface area contributed by atoms with Gasteiger partial charge in [-0.2, -0.15) is 0 Å². The van der Waals surface area contributed by atoms with E-state index >= 15 is 0 Å². The lowest BCUT2D eigenvalue weighted by atomic mass is 10.2. The second-order valence-corrected chi connectivity index (χ2v) is 7.40. The molecule has 0 atom stereocenters. The molecule has 3 heterocycles. The average Bonchev–Trinajstić information content (AvgIpc) is 2.87. The zero-order valence-electron chi connectivity index (χ0n) is 14.3. The van der Waals surface area contributed by atoms with Gasteiger partial charge in [-0.05, 0) is 26.1 Å². The van der Waals surface area contributed by atoms with Crippen molar-refractivity contribution in [3.63, 3.8) is 0 Å². The summed E-state index contributed by atoms with van der Waals surface area (Å²) < 4.78 is 5.38. The molecule has 1 saturated heterocycles. The highest BCUT2D eigenvalue weighted by Crippen LogP contribution is 2.40. The van der Waals surface area contributed by atoms with Crippen LogP contribution in [0, 0.1) is 6.92 Å². The van der Waals surface area contributed by atoms with Crippen molar-refractivity contribution in [3.05, 3.63) is 34.0 Å². The largest absolute Gasteiger partial charge is 0.497 e. The first-order valence-electron chi connectivity index (χ1n) is 8.21. The molecule has 1 fully saturated rings. The summed E-state index contributed by atoms with van der Waals surface area (Å²) in [6, 6.07) is 6.03. The molecule has 6 heteroatoms. The number of fused-ring (bicyclic) bond motifs is 2. The van der Waals surface area contributed by atoms with Gasteiger partial charge in [-0.15, -0.1) is 11.3 Å². The highest BCUT2D eigenvalue weighted by Gasteiger charge is 2.26. The summed E-state index contributed by atoms with van der Waals surface area (Å²) in [5.41, 5.74) is 4.35. The molecule has 4 rings (SSSR count). The molecule has 24 heavy (non-hydrogen) atoms. The lowest BCUT2D eigenvalue weighted by Gasteiger charge is -2.34. The number of hydrogen-bond acceptors (Lipinski definition) is 6. The molecule has 0 unspecified atom stereocenters. The molecular weight excluding hydrogens is 320 g/mol. The van der Waals surface area contributed by atoms with Gasteiger partial charge in [-0.1, -0.05) is 0 Å². The van der Waals surface area contributed by atoms with Gasteiger partial charge in [0.15, 0.2) is 0 Å². The summed E-state index contributed by atoms with van der Waals surface area (Å²) in [6.07, 6.45) is 0. The number of aryl methyl sites for hydroxylation is 1. The van der Waals surface area contributed by atoms with E-state index in [9.17, 15) is 0 Å². The summed E-state index contributed by atoms with van der Waals surface area (Å²) in [4.78, 5) is 11.1. The van der Waals surface area contributed by atoms with Gasteiger partial charge in [0.25, 0.3) is 0 Å². The van der Waals surface area contributed by atoms with Crippen LogP contribution < -0.4 is 10.1 Å². The first-order chi connectivity index (χ1) is 11.7. The Labute approximate surface area is 146 Å². The van der Waals surface area contributed by atoms with Crippen molar-refractivity contribution in [2.45, 2.75) is 6.92 Å². The van der Waals surface area contributed by atoms with Crippen LogP contribution >= 0.6 is 11.3 Å². The van der Waals surface area contributed by atoms with Gasteiger partial charge < -0.3 is 19.9 Å². The number of ether oxygens (including phenoxy) is 1. The lowest BCUT2D eigenvalue weighted by molar-refractivity contribution is 0.216. The Morgan fingerprint density at radius 3 is 2.75 bits per heavy atom. The zero-order valence-corrected chi connectivity index (χ0v) is 15.1. The molecule has 1 N–H and O–H groups in total. The van der Waals surface area contributed by atoms with E-state index in [4.69, 9.17) is 9.73 Å². The number of benzene rings is 1. The Balaban J connectivity index is 1.82. The van der Waals surface area contributed by atoms with Crippen molar-refractivity contribution < 1.29 is 4.74 Å². The third-order valence-electron chi connectivity index (χ3n) is 4.71. The molecule has 2 aromatic rings. The van der Waals surface area contributed by atoms with Crippen LogP contribution in [0.25, 0.3) is 0 Å². The summed E-state index contributed by atoms with van der Waals surface area (Å²) in [5, 5.41) is 5.80. The highest BCUT2D eigenvalue weighted by molar-refractivity contribution is 7.10. The molecule has 0 bridgehead atoms. The van der Waals surface area contributed by atoms with E-state index in [-0.39, 0.29) is 0 Å². The van der Waals surface area contributed by atoms with E-state index in [1.54, 1.807) is 18.4 Å². The van der Waals surface area contributed by atoms with E-state index in [1.165, 1.54) is 16.1 Å². The number of piperazine rings is 1. The van der Waals surface area contributed by atoms with Crippen LogP contribution in [0.2, 0.25) is 0 Å². The highest BCUT2D eigenvalue weighted by atomic mass is 32.1. The normalized spacial score (nSPS) is 17.5. The fourth-order valence-corrected chi connectivity index (χ4v) is 3.98. The molecule has 0 amide bonds. The summed E-state index contributed by atoms with van der Waals surface area (Å²) >= 11 is 1.77. The topological polar surface area (TPSA) is 40.1 Å². The minimum Gasteiger partial charge on any atom is -0.497 e. The third kappa shape index (κ3) is 2.65. The molecule has 2 aliphatic rings. The van der Waals surface area contributed by atoms with E-state index in [1.807, 2.05) is 18.2 Å². The van der Waals surface area contributed by atoms with E-state index in [2.05, 4.69) is 34.5 Å². The third-order valence-corrected chi connectivity index (χ3v) is 5.62. The standard InChI is InChI=1S/C18H22N4OS/c1-12-17-14(11-24-12)18(22-8-6-21(2)7-9-22)20-16-10-13(23-3)4-5-15(16)19-17/h4-5,10-11,19H,6-9H2,1-3H3. The smallest absolute Gasteiger partial charge is 0.139 e. The van der Waals surface area contributed by atoms with Crippen LogP contribution in [0.15, 0.2) is 28.6 Å². The molecule has 0 spiro atoms. The van der Waals surface area contributed by atoms with Crippen molar-refractivity contribution in [3.8, 4) is 5.75 Å². The fourth-order valence-electron chi connectivity index (χ4n) is 3.18. The Kier molecular flexibility index (Phi) is 3.94. The van der Waals surface area contributed by atoms with Gasteiger partial charge in [0.2, 0.25) is 0 Å². The molecular formula is C18H22N4OS. The summed E-state index contributed by atoms with van der Waals surface area (Å²) in [5.74, 6) is 1.90. The van der Waals surface area contributed by atoms with Crippen LogP contribution in [0.1, 0.15) is 10.4 Å². The Bertz CT molecular complexity index is 790. The predicted octanol–water partition coefficient (Wildman–Crippen LogP) is 3.45. The number of likely N-dealkylation sites (N-methyl/N-ethyl adjacent to an activating group) is 1. The molecule has 0 radical (unpaired) electrons. The van der Waals surface area contributed by atoms with Gasteiger partial charge in [-0.3, -0.25) is 0 Å². The average molecular weight is 342 g/mol. The number of thiophene rings is 1. The van der Waals surface area contributed by atoms with Crippen molar-refractivity contribution in [1.29, 1.82) is 0 Å². The number of methoxy groups -OCH3 is 1. The number of aliphatic imine (C=N–C) groups is 1. The maximum absolute atomic E-state index is 5.38. The van der Waals surface area contributed by atoms with Crippen molar-refractivity contribution in [2.24, 2.45) is 4.99 Å². The maximum Gasteiger partial charge on any atom is 0.139 e. The SMILES string of the molecule is COc1ccc2c(c1)N=C(N1CCN(C)CC1)c1csc(C)c1N2. The number of anilines is 2. The number of nitrogens with one attached hydrogen (secondary N) is 1. The minimum absolute atomic E-state index is 0.832. The minimum atomic E-state index is 0.832. The second-order valence-electron chi connectivity index (χ2n) is 6.31. The zero-order chi connectivity index (χ0) is 16.7. The molecule has 1 aromatic heterocycles. The Morgan fingerprint density at radius 2 is 2.00 bits per heavy atom. The van der Waals surface area contributed by atoms with Crippen LogP contribution in [0.3, 0.4) is 0 Å². The second kappa shape index (κ2) is 6.11. The first-order valence-corrected chi connectivity index (χ1v) is 9.09. The number of nitrogens with zero attached hydrogens (tertiary/aromatic N) is 3. The van der Waals surface area contributed by atoms with E-state index < -0.39 is 0 Å². The molecule has 1 aromatic carbocycles. The fraction of sp³-hybridized carbons (Fsp3) is 0.389. The Hall–Kier alpha value is -2.05. The van der Waals surface area contributed by atoms with Gasteiger partial charge in [0.1, 0.15) is 11.6 Å². The first kappa shape index (κ1) is 15.5. The Morgan fingerprint density at radius 1 is 1.21 bits per heavy atom. The molecule has 2 aliphatic heterocycles. The van der Waals surface area contributed by atoms with Gasteiger partial charge in [0.05, 0.1) is 29.7 Å². The number of hydrogen-bond donors (Lipinski definition) is 1. The molecule has 0 aliphatic carbocycles. The molecule has 126 valence electrons. The van der Waals surface area contributed by atoms with Gasteiger partial charge in [-0.25, -0.2) is 4.99 Å². The number of rotatable bonds is 1. The van der Waals surface area contributed by atoms with E-state index in [0.717, 1.165) is 49.1 Å².